The number of rotatable bonds is 4. The topological polar surface area (TPSA) is 72.8 Å². The molecule has 3 N–H and O–H groups in total. The number of phenolic OH excluding ortho intramolecular Hbond substituents is 1. The largest absolute Gasteiger partial charge is 0.507 e. The second kappa shape index (κ2) is 6.35. The molecule has 1 aromatic rings. The molecule has 0 saturated carbocycles. The molecular formula is C16H19F3N2O3. The summed E-state index contributed by atoms with van der Waals surface area (Å²) in [7, 11) is 0. The van der Waals surface area contributed by atoms with E-state index < -0.39 is 23.6 Å². The van der Waals surface area contributed by atoms with Gasteiger partial charge in [-0.05, 0) is 37.0 Å². The summed E-state index contributed by atoms with van der Waals surface area (Å²) in [6, 6.07) is 5.21. The number of phenols is 1. The van der Waals surface area contributed by atoms with Crippen molar-refractivity contribution >= 4 is 5.91 Å². The van der Waals surface area contributed by atoms with Crippen molar-refractivity contribution in [2.75, 3.05) is 0 Å². The lowest BCUT2D eigenvalue weighted by Crippen LogP contribution is -2.60. The van der Waals surface area contributed by atoms with Crippen LogP contribution in [0.1, 0.15) is 37.0 Å². The van der Waals surface area contributed by atoms with Gasteiger partial charge in [0.15, 0.2) is 0 Å². The second-order valence-corrected chi connectivity index (χ2v) is 6.10. The number of hydrogen-bond donors (Lipinski definition) is 3. The number of hydrogen-bond acceptors (Lipinski definition) is 4. The summed E-state index contributed by atoms with van der Waals surface area (Å²) >= 11 is 0. The Morgan fingerprint density at radius 1 is 1.33 bits per heavy atom. The summed E-state index contributed by atoms with van der Waals surface area (Å²) in [4.78, 5) is 12.4. The number of aromatic hydroxyl groups is 1. The summed E-state index contributed by atoms with van der Waals surface area (Å²) < 4.78 is 40.1. The standard InChI is InChI=1S/C16H19F3N2O3/c1-10(2)7-8-11-9-15(24,16(17,18)19)21(20-11)14(23)12-5-3-4-6-13(12)22/h3-6,9-10,20,22,24H,7-8H2,1-2H3/t15-/m0/s1. The Bertz CT molecular complexity index is 658. The summed E-state index contributed by atoms with van der Waals surface area (Å²) in [6.07, 6.45) is -3.65. The SMILES string of the molecule is CC(C)CCC1=C[C@](O)(C(F)(F)F)N(C(=O)c2ccccc2O)N1. The maximum atomic E-state index is 13.4. The Labute approximate surface area is 137 Å². The van der Waals surface area contributed by atoms with Gasteiger partial charge >= 0.3 is 6.18 Å². The third-order valence-corrected chi connectivity index (χ3v) is 3.72. The zero-order valence-corrected chi connectivity index (χ0v) is 13.3. The van der Waals surface area contributed by atoms with Gasteiger partial charge in [-0.1, -0.05) is 26.0 Å². The van der Waals surface area contributed by atoms with Crippen molar-refractivity contribution < 1.29 is 28.2 Å². The Hall–Kier alpha value is -2.22. The first-order valence-corrected chi connectivity index (χ1v) is 7.46. The summed E-state index contributed by atoms with van der Waals surface area (Å²) in [5.74, 6) is -1.40. The minimum absolute atomic E-state index is 0.104. The van der Waals surface area contributed by atoms with Gasteiger partial charge in [-0.15, -0.1) is 0 Å². The molecule has 2 rings (SSSR count). The van der Waals surface area contributed by atoms with E-state index in [0.29, 0.717) is 12.5 Å². The lowest BCUT2D eigenvalue weighted by Gasteiger charge is -2.33. The Balaban J connectivity index is 2.35. The minimum Gasteiger partial charge on any atom is -0.507 e. The zero-order valence-electron chi connectivity index (χ0n) is 13.3. The number of carbonyl (C=O) groups is 1. The number of allylic oxidation sites excluding steroid dienone is 1. The predicted molar refractivity (Wildman–Crippen MR) is 80.6 cm³/mol. The number of hydrazine groups is 1. The van der Waals surface area contributed by atoms with E-state index in [-0.39, 0.29) is 28.6 Å². The highest BCUT2D eigenvalue weighted by Gasteiger charge is 2.61. The van der Waals surface area contributed by atoms with Crippen molar-refractivity contribution in [3.8, 4) is 5.75 Å². The molecule has 1 aliphatic rings. The van der Waals surface area contributed by atoms with Crippen LogP contribution in [-0.4, -0.2) is 33.0 Å². The third-order valence-electron chi connectivity index (χ3n) is 3.72. The normalized spacial score (nSPS) is 21.0. The Morgan fingerprint density at radius 3 is 2.50 bits per heavy atom. The van der Waals surface area contributed by atoms with Crippen molar-refractivity contribution in [2.45, 2.75) is 38.6 Å². The Kier molecular flexibility index (Phi) is 4.80. The molecule has 0 saturated heterocycles. The number of halogens is 3. The van der Waals surface area contributed by atoms with Gasteiger partial charge in [-0.2, -0.15) is 13.2 Å². The first kappa shape index (κ1) is 18.1. The van der Waals surface area contributed by atoms with E-state index in [0.717, 1.165) is 0 Å². The van der Waals surface area contributed by atoms with E-state index in [4.69, 9.17) is 0 Å². The molecular weight excluding hydrogens is 325 g/mol. The summed E-state index contributed by atoms with van der Waals surface area (Å²) in [5.41, 5.74) is -1.38. The van der Waals surface area contributed by atoms with Crippen molar-refractivity contribution in [1.29, 1.82) is 0 Å². The summed E-state index contributed by atoms with van der Waals surface area (Å²) in [6.45, 7) is 3.83. The molecule has 0 bridgehead atoms. The molecule has 0 aromatic heterocycles. The highest BCUT2D eigenvalue weighted by atomic mass is 19.4. The van der Waals surface area contributed by atoms with Crippen molar-refractivity contribution in [3.05, 3.63) is 41.6 Å². The number of benzene rings is 1. The second-order valence-electron chi connectivity index (χ2n) is 6.10. The Morgan fingerprint density at radius 2 is 1.96 bits per heavy atom. The summed E-state index contributed by atoms with van der Waals surface area (Å²) in [5, 5.41) is 19.9. The van der Waals surface area contributed by atoms with Crippen LogP contribution < -0.4 is 5.43 Å². The number of alkyl halides is 3. The minimum atomic E-state index is -5.10. The van der Waals surface area contributed by atoms with Crippen LogP contribution in [0.25, 0.3) is 0 Å². The molecule has 0 radical (unpaired) electrons. The van der Waals surface area contributed by atoms with Gasteiger partial charge in [0.05, 0.1) is 5.56 Å². The fourth-order valence-corrected chi connectivity index (χ4v) is 2.33. The van der Waals surface area contributed by atoms with Crippen LogP contribution in [0.15, 0.2) is 36.0 Å². The highest BCUT2D eigenvalue weighted by molar-refractivity contribution is 5.97. The van der Waals surface area contributed by atoms with Gasteiger partial charge < -0.3 is 10.2 Å². The van der Waals surface area contributed by atoms with Gasteiger partial charge in [0.25, 0.3) is 11.6 Å². The lowest BCUT2D eigenvalue weighted by atomic mass is 10.1. The first-order valence-electron chi connectivity index (χ1n) is 7.46. The third kappa shape index (κ3) is 3.33. The van der Waals surface area contributed by atoms with Crippen LogP contribution in [0.4, 0.5) is 13.2 Å². The number of carbonyl (C=O) groups excluding carboxylic acids is 1. The smallest absolute Gasteiger partial charge is 0.442 e. The lowest BCUT2D eigenvalue weighted by molar-refractivity contribution is -0.283. The molecule has 0 spiro atoms. The number of para-hydroxylation sites is 1. The molecule has 1 atom stereocenters. The van der Waals surface area contributed by atoms with Crippen LogP contribution >= 0.6 is 0 Å². The van der Waals surface area contributed by atoms with Crippen LogP contribution in [0.2, 0.25) is 0 Å². The van der Waals surface area contributed by atoms with Gasteiger partial charge in [0, 0.05) is 5.70 Å². The molecule has 132 valence electrons. The maximum absolute atomic E-state index is 13.4. The fraction of sp³-hybridized carbons (Fsp3) is 0.438. The van der Waals surface area contributed by atoms with Crippen LogP contribution in [-0.2, 0) is 0 Å². The number of nitrogens with zero attached hydrogens (tertiary/aromatic N) is 1. The molecule has 5 nitrogen and oxygen atoms in total. The maximum Gasteiger partial charge on any atom is 0.442 e. The van der Waals surface area contributed by atoms with Gasteiger partial charge in [0.2, 0.25) is 0 Å². The fourth-order valence-electron chi connectivity index (χ4n) is 2.33. The molecule has 1 aliphatic heterocycles. The van der Waals surface area contributed by atoms with Crippen molar-refractivity contribution in [1.82, 2.24) is 10.4 Å². The van der Waals surface area contributed by atoms with E-state index in [1.807, 2.05) is 13.8 Å². The molecule has 1 amide bonds. The highest BCUT2D eigenvalue weighted by Crippen LogP contribution is 2.39. The monoisotopic (exact) mass is 344 g/mol. The number of amides is 1. The average molecular weight is 344 g/mol. The molecule has 1 heterocycles. The van der Waals surface area contributed by atoms with E-state index in [1.165, 1.54) is 24.3 Å². The zero-order chi connectivity index (χ0) is 18.1. The van der Waals surface area contributed by atoms with Crippen molar-refractivity contribution in [2.24, 2.45) is 5.92 Å². The van der Waals surface area contributed by atoms with Crippen molar-refractivity contribution in [3.63, 3.8) is 0 Å². The molecule has 1 aromatic carbocycles. The van der Waals surface area contributed by atoms with Gasteiger partial charge in [0.1, 0.15) is 5.75 Å². The van der Waals surface area contributed by atoms with Crippen LogP contribution in [0.5, 0.6) is 5.75 Å². The molecule has 8 heteroatoms. The van der Waals surface area contributed by atoms with E-state index in [9.17, 15) is 28.2 Å². The quantitative estimate of drug-likeness (QED) is 0.785. The van der Waals surface area contributed by atoms with Crippen LogP contribution in [0, 0.1) is 5.92 Å². The van der Waals surface area contributed by atoms with Gasteiger partial charge in [-0.25, -0.2) is 5.01 Å². The molecule has 24 heavy (non-hydrogen) atoms. The van der Waals surface area contributed by atoms with E-state index >= 15 is 0 Å². The van der Waals surface area contributed by atoms with Gasteiger partial charge in [-0.3, -0.25) is 10.2 Å². The van der Waals surface area contributed by atoms with Crippen LogP contribution in [0.3, 0.4) is 0 Å². The number of nitrogens with one attached hydrogen (secondary N) is 1. The number of aliphatic hydroxyl groups is 1. The predicted octanol–water partition coefficient (Wildman–Crippen LogP) is 2.92. The first-order chi connectivity index (χ1) is 11.1. The molecule has 0 unspecified atom stereocenters. The molecule has 0 aliphatic carbocycles. The van der Waals surface area contributed by atoms with E-state index in [1.54, 1.807) is 0 Å². The average Bonchev–Trinajstić information content (AvgIpc) is 2.83. The molecule has 0 fully saturated rings. The van der Waals surface area contributed by atoms with E-state index in [2.05, 4.69) is 5.43 Å².